The van der Waals surface area contributed by atoms with E-state index in [1.54, 1.807) is 15.9 Å². The van der Waals surface area contributed by atoms with Crippen molar-refractivity contribution in [2.24, 2.45) is 0 Å². The maximum atomic E-state index is 4.68. The van der Waals surface area contributed by atoms with E-state index in [1.807, 2.05) is 64.0 Å². The van der Waals surface area contributed by atoms with E-state index in [4.69, 9.17) is 0 Å². The van der Waals surface area contributed by atoms with Gasteiger partial charge in [-0.3, -0.25) is 4.40 Å². The van der Waals surface area contributed by atoms with Crippen LogP contribution in [0, 0.1) is 0 Å². The summed E-state index contributed by atoms with van der Waals surface area (Å²) < 4.78 is 3.82. The minimum atomic E-state index is 0.730. The zero-order valence-corrected chi connectivity index (χ0v) is 13.9. The van der Waals surface area contributed by atoms with Gasteiger partial charge in [0.1, 0.15) is 5.03 Å². The first-order valence-electron chi connectivity index (χ1n) is 7.23. The lowest BCUT2D eigenvalue weighted by atomic mass is 10.3. The second-order valence-corrected chi connectivity index (χ2v) is 6.88. The van der Waals surface area contributed by atoms with Crippen molar-refractivity contribution >= 4 is 34.3 Å². The number of fused-ring (bicyclic) bond motifs is 2. The molecule has 0 atom stereocenters. The van der Waals surface area contributed by atoms with E-state index in [9.17, 15) is 0 Å². The van der Waals surface area contributed by atoms with Crippen LogP contribution in [0.1, 0.15) is 0 Å². The van der Waals surface area contributed by atoms with E-state index in [2.05, 4.69) is 20.3 Å². The molecule has 5 rings (SSSR count). The van der Waals surface area contributed by atoms with Gasteiger partial charge in [-0.1, -0.05) is 6.07 Å². The standard InChI is InChI=1S/C16H10N6S2/c1-2-7-21-12(3-1)9-17-16(21)24-14-5-4-13-18-19-15(22(13)20-14)11-6-8-23-10-11/h1-10H. The molecule has 8 heteroatoms. The molecule has 0 aliphatic heterocycles. The second kappa shape index (κ2) is 5.43. The van der Waals surface area contributed by atoms with Crippen molar-refractivity contribution in [2.75, 3.05) is 0 Å². The molecule has 0 saturated carbocycles. The first-order valence-corrected chi connectivity index (χ1v) is 8.99. The lowest BCUT2D eigenvalue weighted by Gasteiger charge is -2.02. The van der Waals surface area contributed by atoms with Gasteiger partial charge in [0.05, 0.1) is 11.7 Å². The number of nitrogens with zero attached hydrogens (tertiary/aromatic N) is 6. The van der Waals surface area contributed by atoms with Crippen LogP contribution < -0.4 is 0 Å². The molecule has 24 heavy (non-hydrogen) atoms. The summed E-state index contributed by atoms with van der Waals surface area (Å²) in [4.78, 5) is 4.48. The van der Waals surface area contributed by atoms with Crippen LogP contribution in [0.3, 0.4) is 0 Å². The molecule has 0 spiro atoms. The van der Waals surface area contributed by atoms with E-state index >= 15 is 0 Å². The van der Waals surface area contributed by atoms with Crippen LogP contribution in [-0.4, -0.2) is 29.2 Å². The molecule has 5 aromatic rings. The highest BCUT2D eigenvalue weighted by molar-refractivity contribution is 7.99. The fourth-order valence-corrected chi connectivity index (χ4v) is 3.94. The first kappa shape index (κ1) is 13.7. The van der Waals surface area contributed by atoms with E-state index in [-0.39, 0.29) is 0 Å². The summed E-state index contributed by atoms with van der Waals surface area (Å²) in [6.45, 7) is 0. The third-order valence-corrected chi connectivity index (χ3v) is 5.21. The number of pyridine rings is 1. The summed E-state index contributed by atoms with van der Waals surface area (Å²) in [5, 5.41) is 18.9. The Hall–Kier alpha value is -2.71. The van der Waals surface area contributed by atoms with Crippen LogP contribution in [-0.2, 0) is 0 Å². The quantitative estimate of drug-likeness (QED) is 0.497. The number of imidazole rings is 1. The smallest absolute Gasteiger partial charge is 0.186 e. The Labute approximate surface area is 144 Å². The highest BCUT2D eigenvalue weighted by Gasteiger charge is 2.12. The minimum absolute atomic E-state index is 0.730. The Bertz CT molecular complexity index is 1140. The third kappa shape index (κ3) is 2.19. The van der Waals surface area contributed by atoms with Gasteiger partial charge in [-0.25, -0.2) is 4.98 Å². The molecule has 5 aromatic heterocycles. The van der Waals surface area contributed by atoms with Gasteiger partial charge in [0.25, 0.3) is 0 Å². The predicted octanol–water partition coefficient (Wildman–Crippen LogP) is 3.65. The molecule has 0 N–H and O–H groups in total. The molecule has 0 aliphatic rings. The average Bonchev–Trinajstić information content (AvgIpc) is 3.34. The summed E-state index contributed by atoms with van der Waals surface area (Å²) in [7, 11) is 0. The normalized spacial score (nSPS) is 11.5. The predicted molar refractivity (Wildman–Crippen MR) is 93.4 cm³/mol. The van der Waals surface area contributed by atoms with Gasteiger partial charge in [-0.2, -0.15) is 21.0 Å². The van der Waals surface area contributed by atoms with Crippen molar-refractivity contribution in [3.63, 3.8) is 0 Å². The number of thiophene rings is 1. The Morgan fingerprint density at radius 3 is 2.96 bits per heavy atom. The Kier molecular flexibility index (Phi) is 3.10. The molecule has 0 amide bonds. The molecular formula is C16H10N6S2. The minimum Gasteiger partial charge on any atom is -0.295 e. The largest absolute Gasteiger partial charge is 0.295 e. The fraction of sp³-hybridized carbons (Fsp3) is 0. The van der Waals surface area contributed by atoms with Crippen molar-refractivity contribution < 1.29 is 0 Å². The summed E-state index contributed by atoms with van der Waals surface area (Å²) in [5.41, 5.74) is 2.81. The van der Waals surface area contributed by atoms with Crippen LogP contribution in [0.5, 0.6) is 0 Å². The van der Waals surface area contributed by atoms with Crippen LogP contribution in [0.2, 0.25) is 0 Å². The monoisotopic (exact) mass is 350 g/mol. The summed E-state index contributed by atoms with van der Waals surface area (Å²) >= 11 is 3.14. The van der Waals surface area contributed by atoms with Gasteiger partial charge in [-0.05, 0) is 47.5 Å². The van der Waals surface area contributed by atoms with Crippen LogP contribution in [0.25, 0.3) is 22.6 Å². The summed E-state index contributed by atoms with van der Waals surface area (Å²) in [6.07, 6.45) is 3.86. The number of hydrogen-bond acceptors (Lipinski definition) is 6. The first-order chi connectivity index (χ1) is 11.9. The van der Waals surface area contributed by atoms with Crippen molar-refractivity contribution in [3.05, 3.63) is 59.6 Å². The Morgan fingerprint density at radius 1 is 1.04 bits per heavy atom. The van der Waals surface area contributed by atoms with Gasteiger partial charge < -0.3 is 0 Å². The van der Waals surface area contributed by atoms with Crippen LogP contribution in [0.4, 0.5) is 0 Å². The van der Waals surface area contributed by atoms with E-state index < -0.39 is 0 Å². The number of aromatic nitrogens is 6. The molecule has 0 radical (unpaired) electrons. The van der Waals surface area contributed by atoms with Gasteiger partial charge in [0.2, 0.25) is 0 Å². The molecule has 0 aromatic carbocycles. The molecule has 0 fully saturated rings. The molecular weight excluding hydrogens is 340 g/mol. The Morgan fingerprint density at radius 2 is 2.04 bits per heavy atom. The molecule has 116 valence electrons. The van der Waals surface area contributed by atoms with Gasteiger partial charge in [0.15, 0.2) is 16.6 Å². The average molecular weight is 350 g/mol. The van der Waals surface area contributed by atoms with Gasteiger partial charge >= 0.3 is 0 Å². The lowest BCUT2D eigenvalue weighted by Crippen LogP contribution is -1.96. The van der Waals surface area contributed by atoms with Crippen molar-refractivity contribution in [1.82, 2.24) is 29.2 Å². The molecule has 0 saturated heterocycles. The van der Waals surface area contributed by atoms with Crippen molar-refractivity contribution in [2.45, 2.75) is 10.2 Å². The van der Waals surface area contributed by atoms with Gasteiger partial charge in [-0.15, -0.1) is 10.2 Å². The topological polar surface area (TPSA) is 60.4 Å². The molecule has 0 bridgehead atoms. The molecule has 0 unspecified atom stereocenters. The second-order valence-electron chi connectivity index (χ2n) is 5.12. The maximum Gasteiger partial charge on any atom is 0.186 e. The zero-order chi connectivity index (χ0) is 15.9. The van der Waals surface area contributed by atoms with Crippen LogP contribution in [0.15, 0.2) is 69.7 Å². The molecule has 6 nitrogen and oxygen atoms in total. The van der Waals surface area contributed by atoms with E-state index in [0.29, 0.717) is 0 Å². The van der Waals surface area contributed by atoms with Crippen LogP contribution >= 0.6 is 23.1 Å². The van der Waals surface area contributed by atoms with Crippen molar-refractivity contribution in [3.8, 4) is 11.4 Å². The highest BCUT2D eigenvalue weighted by atomic mass is 32.2. The summed E-state index contributed by atoms with van der Waals surface area (Å²) in [5.74, 6) is 0.752. The molecule has 5 heterocycles. The Balaban J connectivity index is 1.59. The third-order valence-electron chi connectivity index (χ3n) is 3.62. The molecule has 0 aliphatic carbocycles. The fourth-order valence-electron chi connectivity index (χ4n) is 2.49. The van der Waals surface area contributed by atoms with Crippen molar-refractivity contribution in [1.29, 1.82) is 0 Å². The number of rotatable bonds is 3. The van der Waals surface area contributed by atoms with E-state index in [1.165, 1.54) is 11.8 Å². The lowest BCUT2D eigenvalue weighted by molar-refractivity contribution is 0.854. The van der Waals surface area contributed by atoms with Gasteiger partial charge in [0, 0.05) is 17.1 Å². The zero-order valence-electron chi connectivity index (χ0n) is 12.3. The van der Waals surface area contributed by atoms with E-state index in [0.717, 1.165) is 32.7 Å². The summed E-state index contributed by atoms with van der Waals surface area (Å²) in [6, 6.07) is 11.9. The maximum absolute atomic E-state index is 4.68. The highest BCUT2D eigenvalue weighted by Crippen LogP contribution is 2.27. The SMILES string of the molecule is c1ccn2c(Sc3ccc4nnc(-c5ccsc5)n4n3)ncc2c1. The number of hydrogen-bond donors (Lipinski definition) is 0.